The van der Waals surface area contributed by atoms with Crippen molar-refractivity contribution in [2.24, 2.45) is 5.41 Å². The minimum atomic E-state index is -0.840. The standard InChI is InChI=1S/C56H77FN12O8/c1-9-43(37-14-11-10-12-15-37)62-21-18-47(70)45-30-40(33-68(45)55(74)51(56(4,5)6)65-53(72)35(2)60-7)61-20-13-24-75-26-27-76-25-19-49(71)63-22-23-69-46-34-67(8)54(73)41-17-16-39(57)29-42(41)36(3)77-48-28-38(32-64-52(48)59)50(46)44(31-58)66-69/h10-12,14-17,28-29,32,35-36,40,43,45,51,60-62H,9,13,18-27,30,33-34H2,1-8H3,(H2,59,64)(H,63,71)(H,65,72)/t35-,36+,40-,43+,45-,51+/m0/s1. The summed E-state index contributed by atoms with van der Waals surface area (Å²) >= 11 is 0. The third-order valence-corrected chi connectivity index (χ3v) is 14.0. The van der Waals surface area contributed by atoms with Crippen molar-refractivity contribution in [1.82, 2.24) is 51.1 Å². The molecule has 0 unspecified atom stereocenters. The van der Waals surface area contributed by atoms with E-state index in [-0.39, 0.29) is 104 Å². The number of aromatic nitrogens is 3. The van der Waals surface area contributed by atoms with Crippen LogP contribution in [-0.4, -0.2) is 145 Å². The number of nitrogens with one attached hydrogen (secondary N) is 5. The highest BCUT2D eigenvalue weighted by Crippen LogP contribution is 2.36. The minimum absolute atomic E-state index is 0.0196. The van der Waals surface area contributed by atoms with E-state index >= 15 is 0 Å². The van der Waals surface area contributed by atoms with Crippen LogP contribution < -0.4 is 37.1 Å². The molecule has 1 fully saturated rings. The molecule has 0 spiro atoms. The van der Waals surface area contributed by atoms with Crippen LogP contribution in [0.3, 0.4) is 0 Å². The number of rotatable bonds is 25. The molecule has 2 aliphatic heterocycles. The molecule has 6 rings (SSSR count). The Balaban J connectivity index is 0.946. The second-order valence-corrected chi connectivity index (χ2v) is 20.7. The summed E-state index contributed by atoms with van der Waals surface area (Å²) in [5, 5.41) is 30.6. The molecule has 1 saturated heterocycles. The predicted octanol–water partition coefficient (Wildman–Crippen LogP) is 4.59. The number of pyridine rings is 1. The van der Waals surface area contributed by atoms with Crippen molar-refractivity contribution >= 4 is 35.2 Å². The Kier molecular flexibility index (Phi) is 21.6. The molecule has 4 aromatic rings. The fourth-order valence-corrected chi connectivity index (χ4v) is 9.55. The number of likely N-dealkylation sites (tertiary alicyclic amines) is 1. The fraction of sp³-hybridized carbons (Fsp3) is 0.536. The molecule has 6 atom stereocenters. The van der Waals surface area contributed by atoms with Crippen LogP contribution in [0.4, 0.5) is 10.2 Å². The quantitative estimate of drug-likeness (QED) is 0.0496. The summed E-state index contributed by atoms with van der Waals surface area (Å²) in [6.07, 6.45) is 3.04. The Morgan fingerprint density at radius 3 is 2.45 bits per heavy atom. The SMILES string of the molecule is CC[C@@H](NCCC(=O)[C@@H]1C[C@H](NCCCOCCOCCC(=O)NCCn2nc(C#N)c3c2CN(C)C(=O)c2ccc(F)cc2[C@@H](C)Oc2cc-3cnc2N)CN1C(=O)[C@@H](NC(=O)[C@H](C)NC)C(C)(C)C)c1ccccc1. The van der Waals surface area contributed by atoms with Crippen LogP contribution in [0.5, 0.6) is 5.75 Å². The van der Waals surface area contributed by atoms with E-state index in [4.69, 9.17) is 19.9 Å². The number of fused-ring (bicyclic) bond motifs is 5. The van der Waals surface area contributed by atoms with Crippen LogP contribution in [0.15, 0.2) is 60.8 Å². The van der Waals surface area contributed by atoms with Gasteiger partial charge in [-0.05, 0) is 81.9 Å². The number of benzene rings is 2. The van der Waals surface area contributed by atoms with Gasteiger partial charge in [0.15, 0.2) is 23.0 Å². The predicted molar refractivity (Wildman–Crippen MR) is 289 cm³/mol. The topological polar surface area (TPSA) is 260 Å². The number of hydrogen-bond acceptors (Lipinski definition) is 15. The van der Waals surface area contributed by atoms with Gasteiger partial charge in [0.1, 0.15) is 24.0 Å². The van der Waals surface area contributed by atoms with Crippen LogP contribution >= 0.6 is 0 Å². The number of amides is 4. The van der Waals surface area contributed by atoms with E-state index in [2.05, 4.69) is 61.8 Å². The molecule has 2 aromatic carbocycles. The van der Waals surface area contributed by atoms with E-state index in [1.165, 1.54) is 29.3 Å². The van der Waals surface area contributed by atoms with Gasteiger partial charge in [0.25, 0.3) is 5.91 Å². The van der Waals surface area contributed by atoms with Crippen molar-refractivity contribution in [1.29, 1.82) is 5.26 Å². The number of carbonyl (C=O) groups excluding carboxylic acids is 5. The molecule has 2 aliphatic rings. The van der Waals surface area contributed by atoms with Gasteiger partial charge in [-0.1, -0.05) is 58.0 Å². The smallest absolute Gasteiger partial charge is 0.254 e. The number of nitrogens with two attached hydrogens (primary N) is 1. The van der Waals surface area contributed by atoms with Gasteiger partial charge >= 0.3 is 0 Å². The molecular weight excluding hydrogens is 988 g/mol. The Bertz CT molecular complexity index is 2710. The average molecular weight is 1070 g/mol. The van der Waals surface area contributed by atoms with Crippen molar-refractivity contribution < 1.29 is 42.6 Å². The summed E-state index contributed by atoms with van der Waals surface area (Å²) in [5.74, 6) is -1.52. The van der Waals surface area contributed by atoms with Crippen LogP contribution in [-0.2, 0) is 41.7 Å². The molecule has 2 bridgehead atoms. The van der Waals surface area contributed by atoms with Crippen molar-refractivity contribution in [2.75, 3.05) is 72.4 Å². The number of nitriles is 1. The third-order valence-electron chi connectivity index (χ3n) is 14.0. The molecule has 21 heteroatoms. The first-order valence-electron chi connectivity index (χ1n) is 26.6. The number of ether oxygens (including phenoxy) is 3. The first kappa shape index (κ1) is 59.4. The maximum Gasteiger partial charge on any atom is 0.254 e. The number of ketones is 1. The van der Waals surface area contributed by atoms with Gasteiger partial charge in [0, 0.05) is 86.7 Å². The van der Waals surface area contributed by atoms with Gasteiger partial charge < -0.3 is 56.3 Å². The summed E-state index contributed by atoms with van der Waals surface area (Å²) in [6, 6.07) is 15.7. The Morgan fingerprint density at radius 2 is 1.75 bits per heavy atom. The number of nitrogens with zero attached hydrogens (tertiary/aromatic N) is 6. The lowest BCUT2D eigenvalue weighted by molar-refractivity contribution is -0.143. The number of nitrogen functional groups attached to an aromatic ring is 1. The number of anilines is 1. The molecule has 20 nitrogen and oxygen atoms in total. The maximum atomic E-state index is 14.5. The van der Waals surface area contributed by atoms with Gasteiger partial charge in [-0.15, -0.1) is 0 Å². The number of likely N-dealkylation sites (N-methyl/N-ethyl adjacent to an activating group) is 1. The highest BCUT2D eigenvalue weighted by molar-refractivity contribution is 5.96. The van der Waals surface area contributed by atoms with Gasteiger partial charge in [-0.2, -0.15) is 10.4 Å². The molecule has 0 aliphatic carbocycles. The van der Waals surface area contributed by atoms with E-state index in [0.717, 1.165) is 12.0 Å². The van der Waals surface area contributed by atoms with Gasteiger partial charge in [0.2, 0.25) is 17.7 Å². The molecule has 2 aromatic heterocycles. The molecular formula is C56H77FN12O8. The average Bonchev–Trinajstić information content (AvgIpc) is 4.02. The fourth-order valence-electron chi connectivity index (χ4n) is 9.55. The van der Waals surface area contributed by atoms with E-state index < -0.39 is 41.4 Å². The van der Waals surface area contributed by atoms with Crippen LogP contribution in [0.1, 0.15) is 119 Å². The maximum absolute atomic E-state index is 14.5. The van der Waals surface area contributed by atoms with Crippen LogP contribution in [0.2, 0.25) is 0 Å². The van der Waals surface area contributed by atoms with Crippen molar-refractivity contribution in [3.8, 4) is 22.9 Å². The number of Topliss-reactive ketones (excluding diaryl/α,β-unsaturated/α-hetero) is 1. The molecule has 77 heavy (non-hydrogen) atoms. The van der Waals surface area contributed by atoms with E-state index in [9.17, 15) is 33.6 Å². The lowest BCUT2D eigenvalue weighted by Crippen LogP contribution is -2.59. The zero-order valence-electron chi connectivity index (χ0n) is 45.7. The van der Waals surface area contributed by atoms with Crippen LogP contribution in [0, 0.1) is 22.6 Å². The summed E-state index contributed by atoms with van der Waals surface area (Å²) < 4.78 is 33.7. The van der Waals surface area contributed by atoms with Crippen LogP contribution in [0.25, 0.3) is 11.1 Å². The Morgan fingerprint density at radius 1 is 1.01 bits per heavy atom. The summed E-state index contributed by atoms with van der Waals surface area (Å²) in [4.78, 5) is 75.5. The summed E-state index contributed by atoms with van der Waals surface area (Å²) in [5.41, 5.74) is 8.79. The molecule has 4 heterocycles. The highest BCUT2D eigenvalue weighted by atomic mass is 19.1. The van der Waals surface area contributed by atoms with Crippen molar-refractivity contribution in [3.63, 3.8) is 0 Å². The second kappa shape index (κ2) is 28.0. The monoisotopic (exact) mass is 1060 g/mol. The number of halogens is 1. The lowest BCUT2D eigenvalue weighted by atomic mass is 9.85. The van der Waals surface area contributed by atoms with Gasteiger partial charge in [-0.3, -0.25) is 28.7 Å². The first-order valence-corrected chi connectivity index (χ1v) is 26.6. The normalized spacial score (nSPS) is 17.7. The molecule has 0 saturated carbocycles. The number of carbonyl (C=O) groups is 5. The van der Waals surface area contributed by atoms with E-state index in [1.807, 2.05) is 39.0 Å². The first-order chi connectivity index (χ1) is 36.8. The molecule has 0 radical (unpaired) electrons. The minimum Gasteiger partial charge on any atom is -0.482 e. The second-order valence-electron chi connectivity index (χ2n) is 20.7. The Labute approximate surface area is 451 Å². The molecule has 416 valence electrons. The van der Waals surface area contributed by atoms with Crippen molar-refractivity contribution in [3.05, 3.63) is 94.7 Å². The van der Waals surface area contributed by atoms with E-state index in [0.29, 0.717) is 68.1 Å². The molecule has 4 amide bonds. The third kappa shape index (κ3) is 15.9. The molecule has 7 N–H and O–H groups in total. The van der Waals surface area contributed by atoms with E-state index in [1.54, 1.807) is 43.6 Å². The van der Waals surface area contributed by atoms with Gasteiger partial charge in [-0.25, -0.2) is 9.37 Å². The van der Waals surface area contributed by atoms with Crippen molar-refractivity contribution in [2.45, 2.75) is 123 Å². The summed E-state index contributed by atoms with van der Waals surface area (Å²) in [7, 11) is 3.29. The zero-order valence-corrected chi connectivity index (χ0v) is 45.7. The Hall–Kier alpha value is -6.83. The largest absolute Gasteiger partial charge is 0.482 e. The summed E-state index contributed by atoms with van der Waals surface area (Å²) in [6.45, 7) is 14.1. The lowest BCUT2D eigenvalue weighted by Gasteiger charge is -2.36. The number of hydrogen-bond donors (Lipinski definition) is 6. The zero-order chi connectivity index (χ0) is 55.8. The van der Waals surface area contributed by atoms with Gasteiger partial charge in [0.05, 0.1) is 50.7 Å². The highest BCUT2D eigenvalue weighted by Gasteiger charge is 2.44.